The minimum atomic E-state index is -1.21. The van der Waals surface area contributed by atoms with Crippen LogP contribution in [-0.4, -0.2) is 35.7 Å². The Bertz CT molecular complexity index is 1240. The van der Waals surface area contributed by atoms with Crippen LogP contribution in [0.3, 0.4) is 0 Å². The Kier molecular flexibility index (Phi) is 7.07. The monoisotopic (exact) mass is 492 g/mol. The molecule has 0 aromatic heterocycles. The molecule has 4 rings (SSSR count). The largest absolute Gasteiger partial charge is 0.478 e. The molecular formula is C27H25ClN2O5. The smallest absolute Gasteiger partial charge is 0.407 e. The number of hydrogen-bond donors (Lipinski definition) is 3. The van der Waals surface area contributed by atoms with Gasteiger partial charge in [0, 0.05) is 11.6 Å². The molecule has 1 aliphatic carbocycles. The normalized spacial score (nSPS) is 13.0. The van der Waals surface area contributed by atoms with Crippen molar-refractivity contribution in [2.24, 2.45) is 5.92 Å². The number of alkyl carbamates (subject to hydrolysis) is 1. The van der Waals surface area contributed by atoms with Crippen LogP contribution in [0.15, 0.2) is 66.7 Å². The van der Waals surface area contributed by atoms with Crippen molar-refractivity contribution in [1.29, 1.82) is 0 Å². The van der Waals surface area contributed by atoms with Crippen LogP contribution < -0.4 is 10.6 Å². The van der Waals surface area contributed by atoms with E-state index in [0.717, 1.165) is 22.3 Å². The van der Waals surface area contributed by atoms with E-state index in [4.69, 9.17) is 16.3 Å². The zero-order chi connectivity index (χ0) is 25.1. The van der Waals surface area contributed by atoms with Crippen LogP contribution in [0, 0.1) is 5.92 Å². The van der Waals surface area contributed by atoms with Crippen molar-refractivity contribution in [3.63, 3.8) is 0 Å². The number of fused-ring (bicyclic) bond motifs is 3. The molecular weight excluding hydrogens is 468 g/mol. The second kappa shape index (κ2) is 10.2. The molecule has 0 bridgehead atoms. The summed E-state index contributed by atoms with van der Waals surface area (Å²) in [7, 11) is 0. The summed E-state index contributed by atoms with van der Waals surface area (Å²) in [5.74, 6) is -2.04. The molecule has 0 fully saturated rings. The lowest BCUT2D eigenvalue weighted by Crippen LogP contribution is -2.47. The number of carbonyl (C=O) groups is 3. The number of carboxylic acids is 1. The van der Waals surface area contributed by atoms with E-state index >= 15 is 0 Å². The zero-order valence-electron chi connectivity index (χ0n) is 19.2. The van der Waals surface area contributed by atoms with E-state index < -0.39 is 24.0 Å². The van der Waals surface area contributed by atoms with Crippen LogP contribution >= 0.6 is 11.6 Å². The average molecular weight is 493 g/mol. The number of carboxylic acid groups (broad SMARTS) is 1. The highest BCUT2D eigenvalue weighted by Crippen LogP contribution is 2.44. The van der Waals surface area contributed by atoms with Crippen molar-refractivity contribution < 1.29 is 24.2 Å². The van der Waals surface area contributed by atoms with Crippen molar-refractivity contribution >= 4 is 35.3 Å². The molecule has 3 aromatic rings. The summed E-state index contributed by atoms with van der Waals surface area (Å²) < 4.78 is 5.56. The van der Waals surface area contributed by atoms with Crippen molar-refractivity contribution in [3.05, 3.63) is 88.4 Å². The topological polar surface area (TPSA) is 105 Å². The van der Waals surface area contributed by atoms with Crippen LogP contribution in [0.1, 0.15) is 41.3 Å². The van der Waals surface area contributed by atoms with Gasteiger partial charge in [0.25, 0.3) is 0 Å². The zero-order valence-corrected chi connectivity index (χ0v) is 20.0. The van der Waals surface area contributed by atoms with Gasteiger partial charge in [-0.05, 0) is 46.4 Å². The summed E-state index contributed by atoms with van der Waals surface area (Å²) in [4.78, 5) is 36.9. The van der Waals surface area contributed by atoms with E-state index in [0.29, 0.717) is 0 Å². The first-order valence-corrected chi connectivity index (χ1v) is 11.6. The summed E-state index contributed by atoms with van der Waals surface area (Å²) in [6.07, 6.45) is -0.706. The van der Waals surface area contributed by atoms with Gasteiger partial charge in [0.05, 0.1) is 10.6 Å². The molecule has 180 valence electrons. The lowest BCUT2D eigenvalue weighted by Gasteiger charge is -2.22. The molecule has 0 radical (unpaired) electrons. The van der Waals surface area contributed by atoms with Crippen LogP contribution in [0.2, 0.25) is 5.02 Å². The molecule has 1 unspecified atom stereocenters. The minimum absolute atomic E-state index is 0.0627. The SMILES string of the molecule is CC(C)C(NC(=O)OCC1c2ccccc2-c2ccccc21)C(=O)Nc1ccc(Cl)c(C(=O)O)c1. The highest BCUT2D eigenvalue weighted by molar-refractivity contribution is 6.33. The Labute approximate surface area is 208 Å². The van der Waals surface area contributed by atoms with E-state index in [-0.39, 0.29) is 34.7 Å². The number of aromatic carboxylic acids is 1. The molecule has 8 heteroatoms. The summed E-state index contributed by atoms with van der Waals surface area (Å²) >= 11 is 5.89. The van der Waals surface area contributed by atoms with Gasteiger partial charge in [-0.25, -0.2) is 9.59 Å². The first-order chi connectivity index (χ1) is 16.8. The van der Waals surface area contributed by atoms with E-state index in [1.165, 1.54) is 18.2 Å². The highest BCUT2D eigenvalue weighted by atomic mass is 35.5. The predicted octanol–water partition coefficient (Wildman–Crippen LogP) is 5.54. The van der Waals surface area contributed by atoms with Crippen LogP contribution in [0.4, 0.5) is 10.5 Å². The first-order valence-electron chi connectivity index (χ1n) is 11.2. The molecule has 0 saturated carbocycles. The summed E-state index contributed by atoms with van der Waals surface area (Å²) in [6.45, 7) is 3.71. The molecule has 35 heavy (non-hydrogen) atoms. The molecule has 2 amide bonds. The number of anilines is 1. The molecule has 0 spiro atoms. The standard InChI is InChI=1S/C27H25ClN2O5/c1-15(2)24(25(31)29-16-11-12-23(28)21(13-16)26(32)33)30-27(34)35-14-22-19-9-5-3-7-17(19)18-8-4-6-10-20(18)22/h3-13,15,22,24H,14H2,1-2H3,(H,29,31)(H,30,34)(H,32,33). The number of carbonyl (C=O) groups excluding carboxylic acids is 2. The van der Waals surface area contributed by atoms with Crippen molar-refractivity contribution in [2.45, 2.75) is 25.8 Å². The van der Waals surface area contributed by atoms with Crippen molar-refractivity contribution in [3.8, 4) is 11.1 Å². The predicted molar refractivity (Wildman–Crippen MR) is 134 cm³/mol. The van der Waals surface area contributed by atoms with Crippen molar-refractivity contribution in [1.82, 2.24) is 5.32 Å². The van der Waals surface area contributed by atoms with E-state index in [1.54, 1.807) is 13.8 Å². The maximum atomic E-state index is 12.9. The number of benzene rings is 3. The lowest BCUT2D eigenvalue weighted by molar-refractivity contribution is -0.119. The van der Waals surface area contributed by atoms with Gasteiger partial charge in [0.1, 0.15) is 12.6 Å². The fourth-order valence-corrected chi connectivity index (χ4v) is 4.49. The van der Waals surface area contributed by atoms with Gasteiger partial charge in [-0.1, -0.05) is 74.0 Å². The Morgan fingerprint density at radius 3 is 2.14 bits per heavy atom. The van der Waals surface area contributed by atoms with E-state index in [2.05, 4.69) is 22.8 Å². The second-order valence-corrected chi connectivity index (χ2v) is 9.09. The Hall–Kier alpha value is -3.84. The third-order valence-electron chi connectivity index (χ3n) is 6.03. The molecule has 0 saturated heterocycles. The van der Waals surface area contributed by atoms with Gasteiger partial charge in [-0.15, -0.1) is 0 Å². The van der Waals surface area contributed by atoms with Crippen LogP contribution in [-0.2, 0) is 9.53 Å². The van der Waals surface area contributed by atoms with Crippen molar-refractivity contribution in [2.75, 3.05) is 11.9 Å². The first kappa shape index (κ1) is 24.3. The van der Waals surface area contributed by atoms with Gasteiger partial charge < -0.3 is 20.5 Å². The maximum Gasteiger partial charge on any atom is 0.407 e. The third-order valence-corrected chi connectivity index (χ3v) is 6.36. The molecule has 3 aromatic carbocycles. The second-order valence-electron chi connectivity index (χ2n) is 8.68. The summed E-state index contributed by atoms with van der Waals surface area (Å²) in [5, 5.41) is 14.6. The van der Waals surface area contributed by atoms with Gasteiger partial charge in [-0.2, -0.15) is 0 Å². The number of nitrogens with one attached hydrogen (secondary N) is 2. The van der Waals surface area contributed by atoms with Crippen LogP contribution in [0.5, 0.6) is 0 Å². The van der Waals surface area contributed by atoms with Crippen LogP contribution in [0.25, 0.3) is 11.1 Å². The average Bonchev–Trinajstić information content (AvgIpc) is 3.15. The maximum absolute atomic E-state index is 12.9. The number of hydrogen-bond acceptors (Lipinski definition) is 4. The van der Waals surface area contributed by atoms with E-state index in [1.807, 2.05) is 36.4 Å². The fourth-order valence-electron chi connectivity index (χ4n) is 4.29. The molecule has 7 nitrogen and oxygen atoms in total. The molecule has 0 aliphatic heterocycles. The molecule has 1 aliphatic rings. The Morgan fingerprint density at radius 2 is 1.57 bits per heavy atom. The summed E-state index contributed by atoms with van der Waals surface area (Å²) in [5.41, 5.74) is 4.57. The Morgan fingerprint density at radius 1 is 0.971 bits per heavy atom. The molecule has 0 heterocycles. The lowest BCUT2D eigenvalue weighted by atomic mass is 9.98. The number of rotatable bonds is 7. The Balaban J connectivity index is 1.42. The quantitative estimate of drug-likeness (QED) is 0.401. The number of halogens is 1. The van der Waals surface area contributed by atoms with Gasteiger partial charge in [0.15, 0.2) is 0 Å². The number of ether oxygens (including phenoxy) is 1. The minimum Gasteiger partial charge on any atom is -0.478 e. The van der Waals surface area contributed by atoms with Gasteiger partial charge in [0.2, 0.25) is 5.91 Å². The fraction of sp³-hybridized carbons (Fsp3) is 0.222. The third kappa shape index (κ3) is 5.15. The van der Waals surface area contributed by atoms with Gasteiger partial charge in [-0.3, -0.25) is 4.79 Å². The molecule has 3 N–H and O–H groups in total. The summed E-state index contributed by atoms with van der Waals surface area (Å²) in [6, 6.07) is 19.3. The van der Waals surface area contributed by atoms with E-state index in [9.17, 15) is 19.5 Å². The highest BCUT2D eigenvalue weighted by Gasteiger charge is 2.30. The van der Waals surface area contributed by atoms with Gasteiger partial charge >= 0.3 is 12.1 Å². The molecule has 1 atom stereocenters. The number of amides is 2.